The molecule has 0 saturated heterocycles. The molecule has 0 atom stereocenters. The summed E-state index contributed by atoms with van der Waals surface area (Å²) in [7, 11) is 0. The van der Waals surface area contributed by atoms with Crippen LogP contribution in [0.25, 0.3) is 0 Å². The van der Waals surface area contributed by atoms with Gasteiger partial charge in [-0.1, -0.05) is 72.8 Å². The number of nitrogens with two attached hydrogens (primary N) is 4. The van der Waals surface area contributed by atoms with Crippen LogP contribution in [0.2, 0.25) is 0 Å². The molecule has 0 aliphatic carbocycles. The Hall–Kier alpha value is -8.50. The average molecular weight is 793 g/mol. The number of para-hydroxylation sites is 4. The summed E-state index contributed by atoms with van der Waals surface area (Å²) in [6.45, 7) is 0. The molecule has 0 saturated carbocycles. The second kappa shape index (κ2) is 18.6. The Morgan fingerprint density at radius 3 is 0.850 bits per heavy atom. The van der Waals surface area contributed by atoms with E-state index in [2.05, 4.69) is 0 Å². The van der Waals surface area contributed by atoms with Gasteiger partial charge in [0.15, 0.2) is 28.8 Å². The molecule has 0 bridgehead atoms. The number of carbonyl (C=O) groups is 2. The third kappa shape index (κ3) is 10.1. The fraction of sp³-hybridized carbons (Fsp3) is 0. The lowest BCUT2D eigenvalue weighted by Gasteiger charge is -2.12. The van der Waals surface area contributed by atoms with Crippen LogP contribution in [-0.2, 0) is 0 Å². The number of ketones is 2. The summed E-state index contributed by atoms with van der Waals surface area (Å²) in [5, 5.41) is 0. The summed E-state index contributed by atoms with van der Waals surface area (Å²) in [6, 6.07) is 57.0. The van der Waals surface area contributed by atoms with Crippen LogP contribution in [0.4, 0.5) is 22.7 Å². The van der Waals surface area contributed by atoms with Crippen molar-refractivity contribution in [3.05, 3.63) is 216 Å². The van der Waals surface area contributed by atoms with Crippen LogP contribution >= 0.6 is 0 Å². The summed E-state index contributed by atoms with van der Waals surface area (Å²) < 4.78 is 23.3. The molecule has 0 radical (unpaired) electrons. The topological polar surface area (TPSA) is 175 Å². The van der Waals surface area contributed by atoms with Crippen molar-refractivity contribution < 1.29 is 28.5 Å². The largest absolute Gasteiger partial charge is 0.455 e. The van der Waals surface area contributed by atoms with Gasteiger partial charge in [0.25, 0.3) is 0 Å². The summed E-state index contributed by atoms with van der Waals surface area (Å²) in [4.78, 5) is 26.1. The summed E-state index contributed by atoms with van der Waals surface area (Å²) in [6.07, 6.45) is 0. The minimum absolute atomic E-state index is 0.189. The number of nitrogen functional groups attached to an aromatic ring is 4. The molecule has 10 nitrogen and oxygen atoms in total. The standard InChI is InChI=1S/2C25H20N2O3/c26-21-13-11-18(16-24(21)30-20-9-5-2-6-10-20)25(28)17-12-14-23(22(27)15-17)29-19-7-3-1-4-8-19;26-21-13-11-17(15-23(21)29-19-7-3-1-4-8-19)25(28)18-12-14-22(27)24(16-18)30-20-9-5-2-6-10-20/h2*1-16H,26-27H2. The van der Waals surface area contributed by atoms with E-state index in [-0.39, 0.29) is 11.6 Å². The van der Waals surface area contributed by atoms with Gasteiger partial charge in [-0.2, -0.15) is 0 Å². The van der Waals surface area contributed by atoms with Crippen molar-refractivity contribution >= 4 is 34.3 Å². The molecule has 0 unspecified atom stereocenters. The van der Waals surface area contributed by atoms with E-state index in [1.54, 1.807) is 72.8 Å². The van der Waals surface area contributed by atoms with Gasteiger partial charge >= 0.3 is 0 Å². The fourth-order valence-corrected chi connectivity index (χ4v) is 5.87. The normalized spacial score (nSPS) is 10.4. The molecule has 0 aromatic heterocycles. The highest BCUT2D eigenvalue weighted by atomic mass is 16.5. The molecule has 296 valence electrons. The number of rotatable bonds is 12. The van der Waals surface area contributed by atoms with E-state index in [0.29, 0.717) is 91.0 Å². The fourth-order valence-electron chi connectivity index (χ4n) is 5.87. The molecule has 10 heteroatoms. The van der Waals surface area contributed by atoms with Gasteiger partial charge in [0.1, 0.15) is 28.7 Å². The third-order valence-electron chi connectivity index (χ3n) is 8.98. The number of anilines is 4. The highest BCUT2D eigenvalue weighted by Gasteiger charge is 2.17. The van der Waals surface area contributed by atoms with Crippen LogP contribution < -0.4 is 41.9 Å². The Labute approximate surface area is 347 Å². The van der Waals surface area contributed by atoms with Crippen molar-refractivity contribution in [2.24, 2.45) is 0 Å². The zero-order chi connectivity index (χ0) is 41.8. The van der Waals surface area contributed by atoms with E-state index < -0.39 is 0 Å². The Morgan fingerprint density at radius 1 is 0.283 bits per heavy atom. The van der Waals surface area contributed by atoms with E-state index in [1.807, 2.05) is 121 Å². The predicted molar refractivity (Wildman–Crippen MR) is 236 cm³/mol. The van der Waals surface area contributed by atoms with Crippen LogP contribution in [0.15, 0.2) is 194 Å². The molecule has 8 rings (SSSR count). The molecule has 0 aliphatic rings. The quantitative estimate of drug-likeness (QED) is 0.0688. The molecule has 8 aromatic carbocycles. The lowest BCUT2D eigenvalue weighted by Crippen LogP contribution is -2.04. The molecule has 0 fully saturated rings. The van der Waals surface area contributed by atoms with E-state index in [0.717, 1.165) is 0 Å². The van der Waals surface area contributed by atoms with Gasteiger partial charge in [-0.15, -0.1) is 0 Å². The summed E-state index contributed by atoms with van der Waals surface area (Å²) in [5.74, 6) is 3.96. The maximum absolute atomic E-state index is 13.1. The predicted octanol–water partition coefficient (Wildman–Crippen LogP) is 11.3. The molecule has 0 amide bonds. The van der Waals surface area contributed by atoms with Gasteiger partial charge in [0.05, 0.1) is 22.7 Å². The van der Waals surface area contributed by atoms with Gasteiger partial charge in [-0.3, -0.25) is 9.59 Å². The number of hydrogen-bond donors (Lipinski definition) is 4. The van der Waals surface area contributed by atoms with Crippen LogP contribution in [0.3, 0.4) is 0 Å². The molecular weight excluding hydrogens is 753 g/mol. The molecule has 60 heavy (non-hydrogen) atoms. The maximum atomic E-state index is 13.1. The first-order chi connectivity index (χ1) is 29.2. The Morgan fingerprint density at radius 2 is 0.550 bits per heavy atom. The maximum Gasteiger partial charge on any atom is 0.193 e. The Bertz CT molecular complexity index is 2640. The molecule has 8 N–H and O–H groups in total. The first-order valence-electron chi connectivity index (χ1n) is 18.8. The second-order valence-electron chi connectivity index (χ2n) is 13.3. The van der Waals surface area contributed by atoms with Crippen molar-refractivity contribution in [1.82, 2.24) is 0 Å². The Balaban J connectivity index is 0.000000181. The van der Waals surface area contributed by atoms with E-state index in [1.165, 1.54) is 0 Å². The highest BCUT2D eigenvalue weighted by Crippen LogP contribution is 2.34. The SMILES string of the molecule is Nc1cc(C(=O)c2ccc(N)c(Oc3ccccc3)c2)ccc1Oc1ccccc1.Nc1ccc(C(=O)c2ccc(N)c(Oc3ccccc3)c2)cc1Oc1ccccc1. The van der Waals surface area contributed by atoms with Crippen molar-refractivity contribution in [2.45, 2.75) is 0 Å². The van der Waals surface area contributed by atoms with Gasteiger partial charge in [0, 0.05) is 22.3 Å². The lowest BCUT2D eigenvalue weighted by atomic mass is 10.0. The lowest BCUT2D eigenvalue weighted by molar-refractivity contribution is 0.103. The van der Waals surface area contributed by atoms with Crippen molar-refractivity contribution in [1.29, 1.82) is 0 Å². The minimum atomic E-state index is -0.189. The molecule has 8 aromatic rings. The second-order valence-corrected chi connectivity index (χ2v) is 13.3. The van der Waals surface area contributed by atoms with Crippen molar-refractivity contribution in [3.8, 4) is 46.0 Å². The monoisotopic (exact) mass is 792 g/mol. The number of ether oxygens (including phenoxy) is 4. The molecule has 0 spiro atoms. The zero-order valence-corrected chi connectivity index (χ0v) is 32.2. The Kier molecular flexibility index (Phi) is 12.3. The van der Waals surface area contributed by atoms with Crippen molar-refractivity contribution in [3.63, 3.8) is 0 Å². The highest BCUT2D eigenvalue weighted by molar-refractivity contribution is 6.10. The molecule has 0 heterocycles. The number of carbonyl (C=O) groups excluding carboxylic acids is 2. The van der Waals surface area contributed by atoms with E-state index >= 15 is 0 Å². The summed E-state index contributed by atoms with van der Waals surface area (Å²) in [5.41, 5.74) is 27.7. The first-order valence-corrected chi connectivity index (χ1v) is 18.8. The zero-order valence-electron chi connectivity index (χ0n) is 32.2. The molecular formula is C50H40N4O6. The van der Waals surface area contributed by atoms with Gasteiger partial charge in [-0.05, 0) is 121 Å². The van der Waals surface area contributed by atoms with Crippen molar-refractivity contribution in [2.75, 3.05) is 22.9 Å². The van der Waals surface area contributed by atoms with Gasteiger partial charge in [-0.25, -0.2) is 0 Å². The summed E-state index contributed by atoms with van der Waals surface area (Å²) >= 11 is 0. The van der Waals surface area contributed by atoms with E-state index in [9.17, 15) is 9.59 Å². The van der Waals surface area contributed by atoms with E-state index in [4.69, 9.17) is 41.9 Å². The smallest absolute Gasteiger partial charge is 0.193 e. The van der Waals surface area contributed by atoms with Crippen LogP contribution in [0, 0.1) is 0 Å². The third-order valence-corrected chi connectivity index (χ3v) is 8.98. The van der Waals surface area contributed by atoms with Gasteiger partial charge < -0.3 is 41.9 Å². The minimum Gasteiger partial charge on any atom is -0.455 e. The van der Waals surface area contributed by atoms with Crippen LogP contribution in [0.5, 0.6) is 46.0 Å². The number of benzene rings is 8. The van der Waals surface area contributed by atoms with Crippen LogP contribution in [0.1, 0.15) is 31.8 Å². The molecule has 0 aliphatic heterocycles. The van der Waals surface area contributed by atoms with Gasteiger partial charge in [0.2, 0.25) is 0 Å². The first kappa shape index (κ1) is 39.7. The average Bonchev–Trinajstić information content (AvgIpc) is 3.28. The van der Waals surface area contributed by atoms with Crippen LogP contribution in [-0.4, -0.2) is 11.6 Å². The number of hydrogen-bond acceptors (Lipinski definition) is 10.